The Morgan fingerprint density at radius 3 is 2.45 bits per heavy atom. The fourth-order valence-corrected chi connectivity index (χ4v) is 2.44. The molecular weight excluding hydrogens is 260 g/mol. The molecule has 5 heteroatoms. The minimum atomic E-state index is -1.38. The van der Waals surface area contributed by atoms with E-state index in [4.69, 9.17) is 11.2 Å². The van der Waals surface area contributed by atoms with E-state index in [1.807, 2.05) is 6.92 Å². The highest BCUT2D eigenvalue weighted by Gasteiger charge is 2.44. The van der Waals surface area contributed by atoms with Crippen molar-refractivity contribution >= 4 is 0 Å². The summed E-state index contributed by atoms with van der Waals surface area (Å²) in [5.41, 5.74) is 2.18. The molecule has 0 aliphatic carbocycles. The molecule has 1 saturated heterocycles. The van der Waals surface area contributed by atoms with Crippen LogP contribution in [0.15, 0.2) is 18.2 Å². The first-order chi connectivity index (χ1) is 9.49. The van der Waals surface area contributed by atoms with Crippen LogP contribution in [0.4, 0.5) is 0 Å². The number of hydrogen-bond donors (Lipinski definition) is 4. The Hall–Kier alpha value is -1.42. The predicted molar refractivity (Wildman–Crippen MR) is 71.8 cm³/mol. The van der Waals surface area contributed by atoms with Gasteiger partial charge in [0, 0.05) is 5.56 Å². The van der Waals surface area contributed by atoms with Crippen LogP contribution in [0, 0.1) is 19.3 Å². The van der Waals surface area contributed by atoms with Crippen LogP contribution < -0.4 is 0 Å². The maximum absolute atomic E-state index is 10.1. The van der Waals surface area contributed by atoms with Gasteiger partial charge in [-0.15, -0.1) is 6.42 Å². The van der Waals surface area contributed by atoms with E-state index in [0.29, 0.717) is 11.1 Å². The SMILES string of the molecule is C#Cc1ccc([C@H]2O[C@H](CO)[C@@H](O)[C@H](O)[C@@H]2O)c(C)c1. The van der Waals surface area contributed by atoms with Crippen molar-refractivity contribution in [3.63, 3.8) is 0 Å². The molecule has 0 bridgehead atoms. The van der Waals surface area contributed by atoms with Crippen LogP contribution >= 0.6 is 0 Å². The summed E-state index contributed by atoms with van der Waals surface area (Å²) in [6.07, 6.45) is -0.415. The Bertz CT molecular complexity index is 519. The highest BCUT2D eigenvalue weighted by molar-refractivity contribution is 5.40. The molecule has 0 aromatic heterocycles. The summed E-state index contributed by atoms with van der Waals surface area (Å²) < 4.78 is 5.51. The Labute approximate surface area is 117 Å². The lowest BCUT2D eigenvalue weighted by Gasteiger charge is -2.40. The van der Waals surface area contributed by atoms with Gasteiger partial charge < -0.3 is 25.2 Å². The van der Waals surface area contributed by atoms with Crippen molar-refractivity contribution in [3.05, 3.63) is 34.9 Å². The van der Waals surface area contributed by atoms with Gasteiger partial charge in [-0.3, -0.25) is 0 Å². The van der Waals surface area contributed by atoms with E-state index in [1.165, 1.54) is 0 Å². The molecule has 1 fully saturated rings. The van der Waals surface area contributed by atoms with Crippen LogP contribution in [0.25, 0.3) is 0 Å². The van der Waals surface area contributed by atoms with E-state index >= 15 is 0 Å². The molecule has 5 atom stereocenters. The van der Waals surface area contributed by atoms with Crippen LogP contribution in [0.1, 0.15) is 22.8 Å². The molecule has 0 saturated carbocycles. The van der Waals surface area contributed by atoms with Crippen molar-refractivity contribution in [1.82, 2.24) is 0 Å². The Balaban J connectivity index is 2.34. The summed E-state index contributed by atoms with van der Waals surface area (Å²) in [4.78, 5) is 0. The third-order valence-electron chi connectivity index (χ3n) is 3.64. The average Bonchev–Trinajstić information content (AvgIpc) is 2.46. The van der Waals surface area contributed by atoms with Gasteiger partial charge in [0.25, 0.3) is 0 Å². The van der Waals surface area contributed by atoms with Crippen LogP contribution in [-0.2, 0) is 4.74 Å². The fourth-order valence-electron chi connectivity index (χ4n) is 2.44. The number of rotatable bonds is 2. The van der Waals surface area contributed by atoms with Gasteiger partial charge >= 0.3 is 0 Å². The Morgan fingerprint density at radius 2 is 1.90 bits per heavy atom. The molecule has 0 spiro atoms. The van der Waals surface area contributed by atoms with E-state index < -0.39 is 37.1 Å². The first-order valence-electron chi connectivity index (χ1n) is 6.37. The molecule has 2 rings (SSSR count). The van der Waals surface area contributed by atoms with Gasteiger partial charge in [0.05, 0.1) is 6.61 Å². The second kappa shape index (κ2) is 5.92. The molecule has 1 aromatic carbocycles. The van der Waals surface area contributed by atoms with Gasteiger partial charge in [0.1, 0.15) is 30.5 Å². The van der Waals surface area contributed by atoms with Crippen molar-refractivity contribution in [3.8, 4) is 12.3 Å². The van der Waals surface area contributed by atoms with E-state index in [9.17, 15) is 20.4 Å². The number of ether oxygens (including phenoxy) is 1. The third-order valence-corrected chi connectivity index (χ3v) is 3.64. The highest BCUT2D eigenvalue weighted by atomic mass is 16.5. The molecular formula is C15H18O5. The van der Waals surface area contributed by atoms with Crippen molar-refractivity contribution in [2.24, 2.45) is 0 Å². The fraction of sp³-hybridized carbons (Fsp3) is 0.467. The largest absolute Gasteiger partial charge is 0.394 e. The minimum absolute atomic E-state index is 0.442. The first kappa shape index (κ1) is 15.0. The molecule has 0 radical (unpaired) electrons. The molecule has 1 aromatic rings. The lowest BCUT2D eigenvalue weighted by molar-refractivity contribution is -0.231. The topological polar surface area (TPSA) is 90.2 Å². The quantitative estimate of drug-likeness (QED) is 0.547. The van der Waals surface area contributed by atoms with Crippen molar-refractivity contribution in [1.29, 1.82) is 0 Å². The summed E-state index contributed by atoms with van der Waals surface area (Å²) in [6.45, 7) is 1.38. The molecule has 1 aliphatic heterocycles. The summed E-state index contributed by atoms with van der Waals surface area (Å²) >= 11 is 0. The third kappa shape index (κ3) is 2.57. The van der Waals surface area contributed by atoms with Crippen LogP contribution in [0.5, 0.6) is 0 Å². The zero-order chi connectivity index (χ0) is 14.9. The number of hydrogen-bond acceptors (Lipinski definition) is 5. The van der Waals surface area contributed by atoms with Crippen LogP contribution in [0.3, 0.4) is 0 Å². The molecule has 0 amide bonds. The van der Waals surface area contributed by atoms with E-state index in [1.54, 1.807) is 18.2 Å². The number of benzene rings is 1. The molecule has 1 aliphatic rings. The smallest absolute Gasteiger partial charge is 0.113 e. The maximum Gasteiger partial charge on any atom is 0.113 e. The van der Waals surface area contributed by atoms with E-state index in [2.05, 4.69) is 5.92 Å². The van der Waals surface area contributed by atoms with E-state index in [-0.39, 0.29) is 0 Å². The van der Waals surface area contributed by atoms with Gasteiger partial charge in [-0.25, -0.2) is 0 Å². The molecule has 1 heterocycles. The van der Waals surface area contributed by atoms with Crippen molar-refractivity contribution < 1.29 is 25.2 Å². The van der Waals surface area contributed by atoms with Gasteiger partial charge in [-0.2, -0.15) is 0 Å². The predicted octanol–water partition coefficient (Wildman–Crippen LogP) is -0.509. The minimum Gasteiger partial charge on any atom is -0.394 e. The first-order valence-corrected chi connectivity index (χ1v) is 6.37. The molecule has 5 nitrogen and oxygen atoms in total. The molecule has 4 N–H and O–H groups in total. The van der Waals surface area contributed by atoms with E-state index in [0.717, 1.165) is 5.56 Å². The number of aliphatic hydroxyl groups is 4. The summed E-state index contributed by atoms with van der Waals surface area (Å²) in [5, 5.41) is 38.8. The monoisotopic (exact) mass is 278 g/mol. The lowest BCUT2D eigenvalue weighted by atomic mass is 9.89. The lowest BCUT2D eigenvalue weighted by Crippen LogP contribution is -2.55. The summed E-state index contributed by atoms with van der Waals surface area (Å²) in [5.74, 6) is 2.51. The Morgan fingerprint density at radius 1 is 1.20 bits per heavy atom. The summed E-state index contributed by atoms with van der Waals surface area (Å²) in [7, 11) is 0. The zero-order valence-electron chi connectivity index (χ0n) is 11.1. The second-order valence-electron chi connectivity index (χ2n) is 4.97. The second-order valence-corrected chi connectivity index (χ2v) is 4.97. The normalized spacial score (nSPS) is 33.7. The summed E-state index contributed by atoms with van der Waals surface area (Å²) in [6, 6.07) is 5.21. The van der Waals surface area contributed by atoms with Crippen LogP contribution in [-0.4, -0.2) is 51.4 Å². The number of terminal acetylenes is 1. The van der Waals surface area contributed by atoms with Crippen LogP contribution in [0.2, 0.25) is 0 Å². The maximum atomic E-state index is 10.1. The molecule has 20 heavy (non-hydrogen) atoms. The standard InChI is InChI=1S/C15H18O5/c1-3-9-4-5-10(8(2)6-9)15-14(19)13(18)12(17)11(7-16)20-15/h1,4-6,11-19H,7H2,2H3/t11-,12-,13+,14+,15-/m1/s1. The number of aliphatic hydroxyl groups excluding tert-OH is 4. The van der Waals surface area contributed by atoms with Gasteiger partial charge in [-0.1, -0.05) is 12.0 Å². The highest BCUT2D eigenvalue weighted by Crippen LogP contribution is 2.34. The number of aryl methyl sites for hydroxylation is 1. The van der Waals surface area contributed by atoms with Gasteiger partial charge in [0.15, 0.2) is 0 Å². The average molecular weight is 278 g/mol. The van der Waals surface area contributed by atoms with Gasteiger partial charge in [0.2, 0.25) is 0 Å². The van der Waals surface area contributed by atoms with Gasteiger partial charge in [-0.05, 0) is 30.2 Å². The molecule has 108 valence electrons. The van der Waals surface area contributed by atoms with Crippen molar-refractivity contribution in [2.45, 2.75) is 37.4 Å². The Kier molecular flexibility index (Phi) is 4.43. The zero-order valence-corrected chi connectivity index (χ0v) is 11.1. The van der Waals surface area contributed by atoms with Crippen molar-refractivity contribution in [2.75, 3.05) is 6.61 Å². The molecule has 0 unspecified atom stereocenters.